The van der Waals surface area contributed by atoms with Crippen molar-refractivity contribution in [2.75, 3.05) is 13.2 Å². The minimum atomic E-state index is 0.238. The van der Waals surface area contributed by atoms with Gasteiger partial charge in [0.25, 0.3) is 0 Å². The minimum Gasteiger partial charge on any atom is -0.374 e. The van der Waals surface area contributed by atoms with E-state index in [1.165, 1.54) is 5.06 Å². The zero-order valence-corrected chi connectivity index (χ0v) is 6.86. The maximum Gasteiger partial charge on any atom is 0.190 e. The zero-order valence-electron chi connectivity index (χ0n) is 6.04. The Kier molecular flexibility index (Phi) is 4.88. The van der Waals surface area contributed by atoms with Gasteiger partial charge in [0.1, 0.15) is 0 Å². The second kappa shape index (κ2) is 5.20. The molecule has 0 aromatic carbocycles. The lowest BCUT2D eigenvalue weighted by Crippen LogP contribution is -2.35. The van der Waals surface area contributed by atoms with Gasteiger partial charge in [-0.25, -0.2) is 5.06 Å². The van der Waals surface area contributed by atoms with Gasteiger partial charge in [0, 0.05) is 0 Å². The smallest absolute Gasteiger partial charge is 0.190 e. The molecule has 0 aliphatic carbocycles. The van der Waals surface area contributed by atoms with E-state index in [0.29, 0.717) is 13.2 Å². The molecule has 10 heavy (non-hydrogen) atoms. The SMILES string of the molecule is C=CCN(OCC)C(N)=S. The number of nitrogens with zero attached hydrogens (tertiary/aromatic N) is 1. The summed E-state index contributed by atoms with van der Waals surface area (Å²) in [5.41, 5.74) is 5.29. The lowest BCUT2D eigenvalue weighted by molar-refractivity contribution is -0.0836. The second-order valence-electron chi connectivity index (χ2n) is 1.61. The molecule has 4 heteroatoms. The quantitative estimate of drug-likeness (QED) is 0.373. The Morgan fingerprint density at radius 2 is 2.50 bits per heavy atom. The van der Waals surface area contributed by atoms with Crippen LogP contribution >= 0.6 is 12.2 Å². The van der Waals surface area contributed by atoms with Crippen LogP contribution in [-0.2, 0) is 4.84 Å². The van der Waals surface area contributed by atoms with Crippen molar-refractivity contribution in [1.82, 2.24) is 5.06 Å². The summed E-state index contributed by atoms with van der Waals surface area (Å²) in [5, 5.41) is 1.66. The Morgan fingerprint density at radius 3 is 2.80 bits per heavy atom. The summed E-state index contributed by atoms with van der Waals surface area (Å²) in [6.07, 6.45) is 1.68. The van der Waals surface area contributed by atoms with Crippen LogP contribution in [0.5, 0.6) is 0 Å². The highest BCUT2D eigenvalue weighted by Crippen LogP contribution is 1.89. The van der Waals surface area contributed by atoms with Crippen molar-refractivity contribution in [3.05, 3.63) is 12.7 Å². The fourth-order valence-electron chi connectivity index (χ4n) is 0.479. The van der Waals surface area contributed by atoms with Gasteiger partial charge < -0.3 is 5.73 Å². The molecule has 58 valence electrons. The molecular formula is C6H12N2OS. The summed E-state index contributed by atoms with van der Waals surface area (Å²) in [6.45, 7) is 6.49. The van der Waals surface area contributed by atoms with Gasteiger partial charge >= 0.3 is 0 Å². The molecule has 0 aliphatic heterocycles. The normalized spacial score (nSPS) is 8.90. The predicted octanol–water partition coefficient (Wildman–Crippen LogP) is 0.670. The lowest BCUT2D eigenvalue weighted by atomic mass is 10.6. The van der Waals surface area contributed by atoms with Crippen LogP contribution in [0.3, 0.4) is 0 Å². The Labute approximate surface area is 66.4 Å². The average molecular weight is 160 g/mol. The number of hydroxylamine groups is 2. The molecule has 0 atom stereocenters. The standard InChI is InChI=1S/C6H12N2OS/c1-3-5-8(6(7)10)9-4-2/h3H,1,4-5H2,2H3,(H2,7,10). The van der Waals surface area contributed by atoms with Gasteiger partial charge in [0.05, 0.1) is 13.2 Å². The van der Waals surface area contributed by atoms with E-state index in [1.54, 1.807) is 6.08 Å². The van der Waals surface area contributed by atoms with Gasteiger partial charge in [-0.1, -0.05) is 6.08 Å². The van der Waals surface area contributed by atoms with E-state index in [4.69, 9.17) is 10.6 Å². The molecule has 0 rings (SSSR count). The van der Waals surface area contributed by atoms with Crippen LogP contribution in [0.15, 0.2) is 12.7 Å². The maximum absolute atomic E-state index is 5.29. The van der Waals surface area contributed by atoms with Crippen LogP contribution < -0.4 is 5.73 Å². The molecule has 0 aliphatic rings. The van der Waals surface area contributed by atoms with Gasteiger partial charge in [0.2, 0.25) is 0 Å². The highest BCUT2D eigenvalue weighted by Gasteiger charge is 2.01. The van der Waals surface area contributed by atoms with Gasteiger partial charge in [-0.2, -0.15) is 0 Å². The number of hydrogen-bond donors (Lipinski definition) is 1. The second-order valence-corrected chi connectivity index (χ2v) is 2.02. The molecule has 0 radical (unpaired) electrons. The van der Waals surface area contributed by atoms with Crippen LogP contribution in [0.25, 0.3) is 0 Å². The van der Waals surface area contributed by atoms with E-state index >= 15 is 0 Å². The predicted molar refractivity (Wildman–Crippen MR) is 45.3 cm³/mol. The van der Waals surface area contributed by atoms with E-state index in [0.717, 1.165) is 0 Å². The molecule has 0 heterocycles. The molecule has 0 unspecified atom stereocenters. The van der Waals surface area contributed by atoms with Gasteiger partial charge in [0.15, 0.2) is 5.11 Å². The number of thiocarbonyl (C=S) groups is 1. The Balaban J connectivity index is 3.71. The third kappa shape index (κ3) is 3.42. The highest BCUT2D eigenvalue weighted by atomic mass is 32.1. The summed E-state index contributed by atoms with van der Waals surface area (Å²) in [7, 11) is 0. The summed E-state index contributed by atoms with van der Waals surface area (Å²) in [6, 6.07) is 0. The molecular weight excluding hydrogens is 148 g/mol. The largest absolute Gasteiger partial charge is 0.374 e. The van der Waals surface area contributed by atoms with Crippen molar-refractivity contribution in [2.24, 2.45) is 5.73 Å². The third-order valence-electron chi connectivity index (χ3n) is 0.826. The fraction of sp³-hybridized carbons (Fsp3) is 0.500. The van der Waals surface area contributed by atoms with Crippen molar-refractivity contribution < 1.29 is 4.84 Å². The first kappa shape index (κ1) is 9.39. The number of hydrogen-bond acceptors (Lipinski definition) is 2. The van der Waals surface area contributed by atoms with Gasteiger partial charge in [-0.3, -0.25) is 4.84 Å². The Hall–Kier alpha value is -0.610. The Bertz CT molecular complexity index is 127. The van der Waals surface area contributed by atoms with E-state index in [-0.39, 0.29) is 5.11 Å². The maximum atomic E-state index is 5.29. The summed E-state index contributed by atoms with van der Waals surface area (Å²) >= 11 is 4.68. The first-order valence-corrected chi connectivity index (χ1v) is 3.44. The monoisotopic (exact) mass is 160 g/mol. The van der Waals surface area contributed by atoms with Gasteiger partial charge in [-0.15, -0.1) is 6.58 Å². The van der Waals surface area contributed by atoms with Crippen molar-refractivity contribution in [2.45, 2.75) is 6.92 Å². The highest BCUT2D eigenvalue weighted by molar-refractivity contribution is 7.80. The molecule has 0 amide bonds. The van der Waals surface area contributed by atoms with Crippen molar-refractivity contribution in [1.29, 1.82) is 0 Å². The van der Waals surface area contributed by atoms with Gasteiger partial charge in [-0.05, 0) is 19.1 Å². The molecule has 0 aromatic heterocycles. The van der Waals surface area contributed by atoms with Crippen LogP contribution in [0.4, 0.5) is 0 Å². The van der Waals surface area contributed by atoms with Crippen LogP contribution in [-0.4, -0.2) is 23.3 Å². The topological polar surface area (TPSA) is 38.5 Å². The molecule has 0 saturated carbocycles. The number of rotatable bonds is 4. The van der Waals surface area contributed by atoms with E-state index in [9.17, 15) is 0 Å². The molecule has 3 nitrogen and oxygen atoms in total. The lowest BCUT2D eigenvalue weighted by Gasteiger charge is -2.18. The molecule has 0 spiro atoms. The van der Waals surface area contributed by atoms with Crippen molar-refractivity contribution >= 4 is 17.3 Å². The molecule has 0 fully saturated rings. The summed E-state index contributed by atoms with van der Waals surface area (Å²) < 4.78 is 0. The average Bonchev–Trinajstić information content (AvgIpc) is 1.87. The van der Waals surface area contributed by atoms with E-state index < -0.39 is 0 Å². The van der Waals surface area contributed by atoms with E-state index in [2.05, 4.69) is 18.8 Å². The first-order valence-electron chi connectivity index (χ1n) is 3.03. The summed E-state index contributed by atoms with van der Waals surface area (Å²) in [5.74, 6) is 0. The Morgan fingerprint density at radius 1 is 1.90 bits per heavy atom. The minimum absolute atomic E-state index is 0.238. The van der Waals surface area contributed by atoms with Crippen LogP contribution in [0.1, 0.15) is 6.92 Å². The zero-order chi connectivity index (χ0) is 7.98. The number of nitrogens with two attached hydrogens (primary N) is 1. The first-order chi connectivity index (χ1) is 4.72. The van der Waals surface area contributed by atoms with E-state index in [1.807, 2.05) is 6.92 Å². The molecule has 0 saturated heterocycles. The molecule has 0 bridgehead atoms. The van der Waals surface area contributed by atoms with Crippen molar-refractivity contribution in [3.63, 3.8) is 0 Å². The fourth-order valence-corrected chi connectivity index (χ4v) is 0.607. The summed E-state index contributed by atoms with van der Waals surface area (Å²) in [4.78, 5) is 5.04. The molecule has 0 aromatic rings. The molecule has 2 N–H and O–H groups in total. The van der Waals surface area contributed by atoms with Crippen LogP contribution in [0.2, 0.25) is 0 Å². The third-order valence-corrected chi connectivity index (χ3v) is 1.03. The van der Waals surface area contributed by atoms with Crippen molar-refractivity contribution in [3.8, 4) is 0 Å². The van der Waals surface area contributed by atoms with Crippen LogP contribution in [0, 0.1) is 0 Å².